The minimum absolute atomic E-state index is 0.0357. The van der Waals surface area contributed by atoms with Gasteiger partial charge in [-0.2, -0.15) is 0 Å². The van der Waals surface area contributed by atoms with Crippen molar-refractivity contribution in [3.05, 3.63) is 47.8 Å². The lowest BCUT2D eigenvalue weighted by atomic mass is 9.76. The van der Waals surface area contributed by atoms with E-state index in [1.54, 1.807) is 17.0 Å². The molecule has 4 aliphatic rings. The van der Waals surface area contributed by atoms with Crippen LogP contribution in [0.3, 0.4) is 0 Å². The number of fused-ring (bicyclic) bond motifs is 1. The SMILES string of the molecule is CN1CCCN(C(=O)[C@@H]2[C@@H]3C=C[C@@]4(CN(Cc5ccc(F)cc5)C(=O)[C@H]24)O3)CC1. The molecule has 1 spiro atoms. The highest BCUT2D eigenvalue weighted by atomic mass is 19.1. The number of hydrogen-bond acceptors (Lipinski definition) is 4. The van der Waals surface area contributed by atoms with Crippen molar-refractivity contribution in [1.82, 2.24) is 14.7 Å². The molecule has 6 nitrogen and oxygen atoms in total. The molecule has 7 heteroatoms. The first-order chi connectivity index (χ1) is 14.0. The van der Waals surface area contributed by atoms with E-state index in [0.29, 0.717) is 19.6 Å². The minimum atomic E-state index is -0.704. The first-order valence-electron chi connectivity index (χ1n) is 10.3. The molecule has 5 rings (SSSR count). The van der Waals surface area contributed by atoms with Gasteiger partial charge in [0.1, 0.15) is 11.4 Å². The molecule has 4 heterocycles. The summed E-state index contributed by atoms with van der Waals surface area (Å²) >= 11 is 0. The molecule has 0 saturated carbocycles. The standard InChI is InChI=1S/C22H26FN3O3/c1-24-9-2-10-25(12-11-24)20(27)18-17-7-8-22(29-17)14-26(21(28)19(18)22)13-15-3-5-16(23)6-4-15/h3-8,17-19H,2,9-14H2,1H3/t17-,18+,19-,22-/m0/s1. The molecule has 29 heavy (non-hydrogen) atoms. The zero-order chi connectivity index (χ0) is 20.2. The molecular weight excluding hydrogens is 373 g/mol. The molecule has 1 aromatic carbocycles. The third-order valence-electron chi connectivity index (χ3n) is 6.78. The van der Waals surface area contributed by atoms with Gasteiger partial charge in [-0.3, -0.25) is 9.59 Å². The van der Waals surface area contributed by atoms with E-state index in [1.807, 2.05) is 17.1 Å². The van der Waals surface area contributed by atoms with Crippen LogP contribution in [0.5, 0.6) is 0 Å². The maximum atomic E-state index is 13.4. The van der Waals surface area contributed by atoms with Crippen LogP contribution in [0.2, 0.25) is 0 Å². The summed E-state index contributed by atoms with van der Waals surface area (Å²) in [4.78, 5) is 32.6. The Morgan fingerprint density at radius 3 is 2.79 bits per heavy atom. The number of hydrogen-bond donors (Lipinski definition) is 0. The van der Waals surface area contributed by atoms with E-state index in [1.165, 1.54) is 12.1 Å². The molecule has 4 aliphatic heterocycles. The van der Waals surface area contributed by atoms with Crippen LogP contribution < -0.4 is 0 Å². The lowest BCUT2D eigenvalue weighted by Gasteiger charge is -2.29. The van der Waals surface area contributed by atoms with Gasteiger partial charge in [0.15, 0.2) is 0 Å². The normalized spacial score (nSPS) is 34.0. The zero-order valence-electron chi connectivity index (χ0n) is 16.6. The molecule has 154 valence electrons. The summed E-state index contributed by atoms with van der Waals surface area (Å²) in [6.45, 7) is 4.08. The summed E-state index contributed by atoms with van der Waals surface area (Å²) < 4.78 is 19.4. The van der Waals surface area contributed by atoms with Crippen molar-refractivity contribution in [2.75, 3.05) is 39.8 Å². The van der Waals surface area contributed by atoms with Crippen LogP contribution in [-0.4, -0.2) is 78.0 Å². The Hall–Kier alpha value is -2.25. The number of amides is 2. The van der Waals surface area contributed by atoms with Gasteiger partial charge >= 0.3 is 0 Å². The van der Waals surface area contributed by atoms with Crippen LogP contribution in [0.25, 0.3) is 0 Å². The Kier molecular flexibility index (Phi) is 4.47. The van der Waals surface area contributed by atoms with E-state index in [4.69, 9.17) is 4.74 Å². The average Bonchev–Trinajstić information content (AvgIpc) is 3.27. The van der Waals surface area contributed by atoms with Crippen LogP contribution in [-0.2, 0) is 20.9 Å². The average molecular weight is 399 g/mol. The van der Waals surface area contributed by atoms with Crippen molar-refractivity contribution in [2.45, 2.75) is 24.7 Å². The van der Waals surface area contributed by atoms with Gasteiger partial charge in [-0.1, -0.05) is 24.3 Å². The van der Waals surface area contributed by atoms with Gasteiger partial charge in [-0.25, -0.2) is 4.39 Å². The fourth-order valence-electron chi connectivity index (χ4n) is 5.28. The summed E-state index contributed by atoms with van der Waals surface area (Å²) in [5, 5.41) is 0. The number of halogens is 1. The van der Waals surface area contributed by atoms with E-state index in [9.17, 15) is 14.0 Å². The molecule has 0 aliphatic carbocycles. The molecule has 0 radical (unpaired) electrons. The molecule has 3 saturated heterocycles. The van der Waals surface area contributed by atoms with Crippen LogP contribution in [0.1, 0.15) is 12.0 Å². The second-order valence-electron chi connectivity index (χ2n) is 8.70. The third kappa shape index (κ3) is 3.07. The second-order valence-corrected chi connectivity index (χ2v) is 8.70. The van der Waals surface area contributed by atoms with E-state index >= 15 is 0 Å². The van der Waals surface area contributed by atoms with Crippen molar-refractivity contribution >= 4 is 11.8 Å². The summed E-state index contributed by atoms with van der Waals surface area (Å²) in [6, 6.07) is 6.19. The monoisotopic (exact) mass is 399 g/mol. The van der Waals surface area contributed by atoms with E-state index in [0.717, 1.165) is 31.6 Å². The molecule has 2 amide bonds. The van der Waals surface area contributed by atoms with Gasteiger partial charge in [-0.05, 0) is 37.7 Å². The van der Waals surface area contributed by atoms with Crippen LogP contribution in [0.15, 0.2) is 36.4 Å². The molecule has 0 N–H and O–H groups in total. The van der Waals surface area contributed by atoms with Gasteiger partial charge in [-0.15, -0.1) is 0 Å². The van der Waals surface area contributed by atoms with Crippen molar-refractivity contribution in [1.29, 1.82) is 0 Å². The number of rotatable bonds is 3. The first kappa shape index (κ1) is 18.8. The number of benzene rings is 1. The number of carbonyl (C=O) groups is 2. The minimum Gasteiger partial charge on any atom is -0.360 e. The third-order valence-corrected chi connectivity index (χ3v) is 6.78. The van der Waals surface area contributed by atoms with E-state index in [-0.39, 0.29) is 23.7 Å². The highest BCUT2D eigenvalue weighted by molar-refractivity contribution is 5.93. The summed E-state index contributed by atoms with van der Waals surface area (Å²) in [5.41, 5.74) is 0.165. The molecule has 0 unspecified atom stereocenters. The molecule has 2 bridgehead atoms. The largest absolute Gasteiger partial charge is 0.360 e. The summed E-state index contributed by atoms with van der Waals surface area (Å²) in [7, 11) is 2.07. The zero-order valence-corrected chi connectivity index (χ0v) is 16.6. The van der Waals surface area contributed by atoms with Crippen molar-refractivity contribution in [2.24, 2.45) is 11.8 Å². The molecular formula is C22H26FN3O3. The Bertz CT molecular complexity index is 857. The molecule has 3 fully saturated rings. The summed E-state index contributed by atoms with van der Waals surface area (Å²) in [6.07, 6.45) is 4.56. The highest BCUT2D eigenvalue weighted by Gasteiger charge is 2.67. The topological polar surface area (TPSA) is 53.1 Å². The van der Waals surface area contributed by atoms with Crippen LogP contribution in [0, 0.1) is 17.7 Å². The van der Waals surface area contributed by atoms with Gasteiger partial charge in [0.05, 0.1) is 24.5 Å². The highest BCUT2D eigenvalue weighted by Crippen LogP contribution is 2.52. The number of ether oxygens (including phenoxy) is 1. The van der Waals surface area contributed by atoms with E-state index < -0.39 is 17.4 Å². The van der Waals surface area contributed by atoms with Crippen molar-refractivity contribution < 1.29 is 18.7 Å². The second kappa shape index (κ2) is 6.92. The lowest BCUT2D eigenvalue weighted by Crippen LogP contribution is -2.47. The number of likely N-dealkylation sites (N-methyl/N-ethyl adjacent to an activating group) is 1. The van der Waals surface area contributed by atoms with Gasteiger partial charge < -0.3 is 19.4 Å². The predicted molar refractivity (Wildman–Crippen MR) is 104 cm³/mol. The smallest absolute Gasteiger partial charge is 0.230 e. The Labute approximate surface area is 169 Å². The van der Waals surface area contributed by atoms with Crippen molar-refractivity contribution in [3.63, 3.8) is 0 Å². The number of likely N-dealkylation sites (tertiary alicyclic amines) is 1. The van der Waals surface area contributed by atoms with Gasteiger partial charge in [0, 0.05) is 26.2 Å². The maximum absolute atomic E-state index is 13.4. The molecule has 1 aromatic rings. The Morgan fingerprint density at radius 1 is 1.21 bits per heavy atom. The number of carbonyl (C=O) groups excluding carboxylic acids is 2. The van der Waals surface area contributed by atoms with Crippen LogP contribution >= 0.6 is 0 Å². The quantitative estimate of drug-likeness (QED) is 0.719. The van der Waals surface area contributed by atoms with E-state index in [2.05, 4.69) is 11.9 Å². The van der Waals surface area contributed by atoms with Gasteiger partial charge in [0.2, 0.25) is 11.8 Å². The first-order valence-corrected chi connectivity index (χ1v) is 10.3. The predicted octanol–water partition coefficient (Wildman–Crippen LogP) is 1.27. The van der Waals surface area contributed by atoms with Crippen molar-refractivity contribution in [3.8, 4) is 0 Å². The van der Waals surface area contributed by atoms with Crippen LogP contribution in [0.4, 0.5) is 4.39 Å². The fourth-order valence-corrected chi connectivity index (χ4v) is 5.28. The van der Waals surface area contributed by atoms with Gasteiger partial charge in [0.25, 0.3) is 0 Å². The number of nitrogens with zero attached hydrogens (tertiary/aromatic N) is 3. The lowest BCUT2D eigenvalue weighted by molar-refractivity contribution is -0.143. The fraction of sp³-hybridized carbons (Fsp3) is 0.545. The Morgan fingerprint density at radius 2 is 2.00 bits per heavy atom. The Balaban J connectivity index is 1.36. The maximum Gasteiger partial charge on any atom is 0.230 e. The molecule has 4 atom stereocenters. The summed E-state index contributed by atoms with van der Waals surface area (Å²) in [5.74, 6) is -1.21. The molecule has 0 aromatic heterocycles.